The lowest BCUT2D eigenvalue weighted by Crippen LogP contribution is -2.49. The van der Waals surface area contributed by atoms with Crippen molar-refractivity contribution in [2.75, 3.05) is 25.2 Å². The Morgan fingerprint density at radius 3 is 2.82 bits per heavy atom. The van der Waals surface area contributed by atoms with E-state index >= 15 is 0 Å². The molecule has 0 unspecified atom stereocenters. The Kier molecular flexibility index (Phi) is 6.99. The van der Waals surface area contributed by atoms with E-state index in [2.05, 4.69) is 20.5 Å². The van der Waals surface area contributed by atoms with Crippen LogP contribution in [0.25, 0.3) is 0 Å². The monoisotopic (exact) mass is 449 g/mol. The summed E-state index contributed by atoms with van der Waals surface area (Å²) in [5, 5.41) is 18.5. The number of aryl methyl sites for hydroxylation is 1. The molecule has 9 heteroatoms. The Morgan fingerprint density at radius 2 is 2.03 bits per heavy atom. The fraction of sp³-hybridized carbons (Fsp3) is 0.333. The van der Waals surface area contributed by atoms with E-state index in [1.54, 1.807) is 7.05 Å². The number of unbranched alkanes of at least 4 members (excludes halogenated alkanes) is 1. The van der Waals surface area contributed by atoms with Gasteiger partial charge in [0.05, 0.1) is 5.69 Å². The number of carbonyl (C=O) groups excluding carboxylic acids is 2. The molecule has 9 nitrogen and oxygen atoms in total. The van der Waals surface area contributed by atoms with Gasteiger partial charge in [-0.2, -0.15) is 0 Å². The third-order valence-corrected chi connectivity index (χ3v) is 5.55. The number of aliphatic hydroxyl groups excluding tert-OH is 1. The van der Waals surface area contributed by atoms with Crippen LogP contribution in [0.4, 0.5) is 5.69 Å². The number of nitrogens with zero attached hydrogens (tertiary/aromatic N) is 3. The topological polar surface area (TPSA) is 120 Å². The van der Waals surface area contributed by atoms with Crippen LogP contribution in [0.2, 0.25) is 0 Å². The number of carbonyl (C=O) groups is 2. The summed E-state index contributed by atoms with van der Waals surface area (Å²) in [6.07, 6.45) is 2.90. The molecule has 4 rings (SSSR count). The highest BCUT2D eigenvalue weighted by molar-refractivity contribution is 6.02. The van der Waals surface area contributed by atoms with Crippen molar-refractivity contribution in [2.24, 2.45) is 0 Å². The molecule has 3 N–H and O–H groups in total. The van der Waals surface area contributed by atoms with Crippen molar-refractivity contribution >= 4 is 17.5 Å². The predicted molar refractivity (Wildman–Crippen MR) is 122 cm³/mol. The van der Waals surface area contributed by atoms with Gasteiger partial charge in [0.15, 0.2) is 0 Å². The fourth-order valence-electron chi connectivity index (χ4n) is 3.73. The Labute approximate surface area is 191 Å². The Morgan fingerprint density at radius 1 is 1.21 bits per heavy atom. The van der Waals surface area contributed by atoms with Crippen LogP contribution >= 0.6 is 0 Å². The molecule has 2 heterocycles. The average Bonchev–Trinajstić information content (AvgIpc) is 3.26. The molecule has 0 bridgehead atoms. The third kappa shape index (κ3) is 5.38. The molecule has 0 aliphatic carbocycles. The van der Waals surface area contributed by atoms with Gasteiger partial charge in [-0.3, -0.25) is 14.7 Å². The number of aromatic amines is 1. The van der Waals surface area contributed by atoms with Crippen molar-refractivity contribution in [3.63, 3.8) is 0 Å². The highest BCUT2D eigenvalue weighted by Gasteiger charge is 2.31. The van der Waals surface area contributed by atoms with Gasteiger partial charge >= 0.3 is 0 Å². The van der Waals surface area contributed by atoms with E-state index in [4.69, 9.17) is 9.84 Å². The maximum atomic E-state index is 13.0. The third-order valence-electron chi connectivity index (χ3n) is 5.55. The Bertz CT molecular complexity index is 1120. The number of anilines is 1. The number of aliphatic hydroxyl groups is 1. The number of hydrogen-bond acceptors (Lipinski definition) is 6. The van der Waals surface area contributed by atoms with Gasteiger partial charge in [0.25, 0.3) is 11.8 Å². The first-order chi connectivity index (χ1) is 16.0. The number of fused-ring (bicyclic) bond motifs is 1. The van der Waals surface area contributed by atoms with Crippen LogP contribution in [0, 0.1) is 0 Å². The van der Waals surface area contributed by atoms with Gasteiger partial charge in [-0.15, -0.1) is 5.10 Å². The normalized spacial score (nSPS) is 15.5. The molecule has 0 saturated heterocycles. The van der Waals surface area contributed by atoms with E-state index < -0.39 is 11.9 Å². The summed E-state index contributed by atoms with van der Waals surface area (Å²) in [7, 11) is 1.66. The lowest BCUT2D eigenvalue weighted by Gasteiger charge is -2.20. The summed E-state index contributed by atoms with van der Waals surface area (Å²) < 4.78 is 5.84. The van der Waals surface area contributed by atoms with E-state index in [1.807, 2.05) is 48.5 Å². The minimum atomic E-state index is -0.871. The predicted octanol–water partition coefficient (Wildman–Crippen LogP) is 1.86. The molecular formula is C24H27N5O4. The molecule has 0 radical (unpaired) electrons. The van der Waals surface area contributed by atoms with Crippen LogP contribution in [0.3, 0.4) is 0 Å². The minimum Gasteiger partial charge on any atom is -0.489 e. The Balaban J connectivity index is 1.41. The number of rotatable bonds is 8. The molecule has 2 amide bonds. The van der Waals surface area contributed by atoms with Crippen molar-refractivity contribution in [1.29, 1.82) is 0 Å². The van der Waals surface area contributed by atoms with Crippen LogP contribution < -0.4 is 15.0 Å². The number of nitrogens with one attached hydrogen (secondary N) is 2. The largest absolute Gasteiger partial charge is 0.489 e. The minimum absolute atomic E-state index is 0.00701. The van der Waals surface area contributed by atoms with Gasteiger partial charge in [-0.05, 0) is 42.5 Å². The molecule has 0 fully saturated rings. The second kappa shape index (κ2) is 10.3. The van der Waals surface area contributed by atoms with Crippen LogP contribution in [0.5, 0.6) is 5.75 Å². The molecule has 1 aliphatic rings. The number of aromatic nitrogens is 3. The summed E-state index contributed by atoms with van der Waals surface area (Å²) in [5.41, 5.74) is 2.75. The highest BCUT2D eigenvalue weighted by atomic mass is 16.5. The quantitative estimate of drug-likeness (QED) is 0.452. The van der Waals surface area contributed by atoms with Gasteiger partial charge in [0, 0.05) is 20.1 Å². The number of H-pyrrole nitrogens is 1. The zero-order chi connectivity index (χ0) is 23.2. The van der Waals surface area contributed by atoms with E-state index in [1.165, 1.54) is 4.90 Å². The average molecular weight is 450 g/mol. The van der Waals surface area contributed by atoms with E-state index in [0.29, 0.717) is 23.7 Å². The Hall–Kier alpha value is -3.72. The molecule has 172 valence electrons. The van der Waals surface area contributed by atoms with Crippen LogP contribution in [0.1, 0.15) is 40.4 Å². The number of likely N-dealkylation sites (N-methyl/N-ethyl adjacent to an activating group) is 1. The van der Waals surface area contributed by atoms with Crippen molar-refractivity contribution in [2.45, 2.75) is 31.7 Å². The molecule has 0 spiro atoms. The fourth-order valence-corrected chi connectivity index (χ4v) is 3.73. The van der Waals surface area contributed by atoms with Crippen molar-refractivity contribution in [3.8, 4) is 5.75 Å². The molecule has 33 heavy (non-hydrogen) atoms. The number of ether oxygens (including phenoxy) is 1. The highest BCUT2D eigenvalue weighted by Crippen LogP contribution is 2.32. The van der Waals surface area contributed by atoms with E-state index in [0.717, 1.165) is 30.4 Å². The van der Waals surface area contributed by atoms with Gasteiger partial charge in [-0.1, -0.05) is 36.4 Å². The second-order valence-electron chi connectivity index (χ2n) is 7.99. The van der Waals surface area contributed by atoms with Crippen molar-refractivity contribution < 1.29 is 19.4 Å². The molecule has 2 aromatic carbocycles. The standard InChI is InChI=1S/C24H27N5O4/c1-29-19-13-17(9-5-6-12-30)10-11-20(19)33-15-18(24(29)32)25-23(31)22-26-21(27-28-22)14-16-7-3-2-4-8-16/h2-4,7-8,10-11,13,18,30H,5-6,9,12,14-15H2,1H3,(H,25,31)(H,26,27,28)/t18-/m0/s1. The first kappa shape index (κ1) is 22.5. The van der Waals surface area contributed by atoms with Gasteiger partial charge in [-0.25, -0.2) is 4.98 Å². The summed E-state index contributed by atoms with van der Waals surface area (Å²) in [6, 6.07) is 14.6. The smallest absolute Gasteiger partial charge is 0.291 e. The molecule has 3 aromatic rings. The van der Waals surface area contributed by atoms with Crippen LogP contribution in [-0.4, -0.2) is 58.4 Å². The molecule has 1 aromatic heterocycles. The summed E-state index contributed by atoms with van der Waals surface area (Å²) in [6.45, 7) is 0.166. The van der Waals surface area contributed by atoms with Gasteiger partial charge in [0.1, 0.15) is 24.2 Å². The molecule has 1 aliphatic heterocycles. The van der Waals surface area contributed by atoms with Gasteiger partial charge < -0.3 is 20.1 Å². The molecule has 0 saturated carbocycles. The second-order valence-corrected chi connectivity index (χ2v) is 7.99. The summed E-state index contributed by atoms with van der Waals surface area (Å²) >= 11 is 0. The number of hydrogen-bond donors (Lipinski definition) is 3. The SMILES string of the molecule is CN1C(=O)[C@@H](NC(=O)c2n[nH]c(Cc3ccccc3)n2)COc2ccc(CCCCO)cc21. The zero-order valence-corrected chi connectivity index (χ0v) is 18.5. The first-order valence-corrected chi connectivity index (χ1v) is 11.0. The lowest BCUT2D eigenvalue weighted by molar-refractivity contribution is -0.120. The summed E-state index contributed by atoms with van der Waals surface area (Å²) in [4.78, 5) is 31.5. The number of amides is 2. The first-order valence-electron chi connectivity index (χ1n) is 11.0. The zero-order valence-electron chi connectivity index (χ0n) is 18.5. The molecular weight excluding hydrogens is 422 g/mol. The lowest BCUT2D eigenvalue weighted by atomic mass is 10.1. The molecule has 1 atom stereocenters. The van der Waals surface area contributed by atoms with Crippen LogP contribution in [-0.2, 0) is 17.6 Å². The number of benzene rings is 2. The summed E-state index contributed by atoms with van der Waals surface area (Å²) in [5.74, 6) is 0.292. The van der Waals surface area contributed by atoms with E-state index in [9.17, 15) is 9.59 Å². The maximum Gasteiger partial charge on any atom is 0.291 e. The van der Waals surface area contributed by atoms with Gasteiger partial charge in [0.2, 0.25) is 5.82 Å². The van der Waals surface area contributed by atoms with Crippen molar-refractivity contribution in [1.82, 2.24) is 20.5 Å². The van der Waals surface area contributed by atoms with Crippen LogP contribution in [0.15, 0.2) is 48.5 Å². The van der Waals surface area contributed by atoms with E-state index in [-0.39, 0.29) is 24.9 Å². The maximum absolute atomic E-state index is 13.0. The van der Waals surface area contributed by atoms with Crippen molar-refractivity contribution in [3.05, 3.63) is 71.3 Å².